The number of aryl methyl sites for hydroxylation is 1. The van der Waals surface area contributed by atoms with Crippen LogP contribution in [-0.4, -0.2) is 241 Å². The fourth-order valence-corrected chi connectivity index (χ4v) is 10.6. The zero-order valence-corrected chi connectivity index (χ0v) is 96.7. The summed E-state index contributed by atoms with van der Waals surface area (Å²) in [5.41, 5.74) is 0.0946. The molecule has 0 radical (unpaired) electrons. The van der Waals surface area contributed by atoms with Gasteiger partial charge in [0.05, 0.1) is 18.3 Å². The van der Waals surface area contributed by atoms with Gasteiger partial charge >= 0.3 is 133 Å². The number of amides is 18. The van der Waals surface area contributed by atoms with Gasteiger partial charge in [-0.2, -0.15) is 13.2 Å². The molecule has 0 bridgehead atoms. The zero-order valence-electron chi connectivity index (χ0n) is 79.8. The predicted molar refractivity (Wildman–Crippen MR) is 483 cm³/mol. The van der Waals surface area contributed by atoms with Crippen molar-refractivity contribution in [1.29, 1.82) is 0 Å². The van der Waals surface area contributed by atoms with Crippen LogP contribution in [0.2, 0.25) is 15.1 Å². The molecule has 6 aromatic rings. The molecule has 6 aromatic carbocycles. The van der Waals surface area contributed by atoms with Crippen LogP contribution >= 0.6 is 34.8 Å². The molecule has 38 nitrogen and oxygen atoms in total. The van der Waals surface area contributed by atoms with E-state index >= 15 is 0 Å². The van der Waals surface area contributed by atoms with Crippen molar-refractivity contribution in [3.8, 4) is 11.5 Å². The Hall–Kier alpha value is -8.87. The van der Waals surface area contributed by atoms with Crippen LogP contribution in [0, 0.1) is 43.3 Å². The average Bonchev–Trinajstić information content (AvgIpc) is 0.821. The summed E-state index contributed by atoms with van der Waals surface area (Å²) in [7, 11) is 21.3. The van der Waals surface area contributed by atoms with E-state index in [1.54, 1.807) is 43.3 Å². The first kappa shape index (κ1) is 133. The third-order valence-corrected chi connectivity index (χ3v) is 16.4. The Morgan fingerprint density at radius 3 is 0.884 bits per heavy atom. The van der Waals surface area contributed by atoms with E-state index < -0.39 is 138 Å². The Labute approximate surface area is 904 Å². The van der Waals surface area contributed by atoms with Crippen LogP contribution in [0.4, 0.5) is 13.2 Å². The van der Waals surface area contributed by atoms with Gasteiger partial charge in [-0.3, -0.25) is 89.4 Å². The minimum atomic E-state index is -4.62. The van der Waals surface area contributed by atoms with Crippen molar-refractivity contribution >= 4 is 141 Å². The van der Waals surface area contributed by atoms with Gasteiger partial charge in [-0.05, 0) is 215 Å². The molecule has 0 aromatic heterocycles. The molecule has 0 aliphatic carbocycles. The summed E-state index contributed by atoms with van der Waals surface area (Å²) >= 11 is 17.2. The molecule has 744 valence electrons. The number of alkyl halides is 3. The standard InChI is InChI=1S/C14H15N2O4.C13H10F3N2O3.C13H13N2O4.3C12H10ClN2O3.6C2H7N.6W/c1-8-5-9(7-10(6-8)20-2)13(18)15-11-3-4-12(17)16-14(11)19;14-13(15,16)8-3-1-2-7(6-8)11(20)17-9-4-5-10(19)18-12(9)21;1-19-9-4-2-3-8(7-9)12(17)14-10-5-6-11(16)15-13(10)18;3*13-8-3-1-2-7(6-8)11(17)14-9-4-5-10(16)15-12(9)18;6*1-3-2;;;;;;/h6-7,11H,3-4H2,1-2H3,(H2,15,16,17,18,19);1-3,9H,4-5H2,(H2,17,18,19,20,21);2-4,10H,5-6H2,1H3,(H2,14,15,16,17,18);1,3,6,9H,4-5H2,(H2,14,15,16,17,18);2*1-3,9H,4-5H2,(H2,14,15,16,17,18);6*3H,1-2H3;;;;;;/q6*-1;;;;;;;6*+2/p-6/t;;;3*9-;;;;;;;;;;;;/m...110............/s1/i;;1D3;;;;;;;;;;;;;;;. The van der Waals surface area contributed by atoms with Crippen molar-refractivity contribution in [2.24, 2.45) is 0 Å². The molecule has 6 saturated heterocycles. The first-order chi connectivity index (χ1) is 63.7. The number of ether oxygens (including phenoxy) is 2. The molecule has 6 aliphatic rings. The third kappa shape index (κ3) is 56.5. The number of piperidine rings is 6. The van der Waals surface area contributed by atoms with Gasteiger partial charge in [0.15, 0.2) is 0 Å². The van der Waals surface area contributed by atoms with Gasteiger partial charge in [0.25, 0.3) is 0 Å². The van der Waals surface area contributed by atoms with Gasteiger partial charge in [0, 0.05) is 50.0 Å². The number of nitrogens with zero attached hydrogens (tertiary/aromatic N) is 6. The molecule has 0 saturated carbocycles. The molecule has 12 rings (SSSR count). The summed E-state index contributed by atoms with van der Waals surface area (Å²) in [6.07, 6.45) is -2.54. The van der Waals surface area contributed by atoms with Crippen molar-refractivity contribution < 1.29 is 239 Å². The SMILES string of the molecule is CNC.CNC.CNC.CNC.CNC.CNC.COc1cc(C)[c-]c(C(=O)[N-]C2CCC(=O)NC2=O)c1.O=C1CCC([N-]C(=O)c2[c-]c(C(F)(F)F)ccc2)C(=O)N1.O=C1CC[C@@H]([N-]C(=O)c2[c-]c(Cl)ccc2)C(=O)N1.O=C1CC[C@@H]([N-]C(=O)c2[c-]ccc(Cl)c2)C(=O)N1.O=C1CC[C@H]([N-]C(=O)c2[c-]c(Cl)ccc2)C(=O)N1.[2H]C([2H])([2H])Oc1[c-]c(C(=O)[N-]C2CCC(=O)NC2=O)ccc1.[W+2].[W+2].[W+2].[W+2].[W+2].[W+2]. The fourth-order valence-electron chi connectivity index (χ4n) is 10.1. The van der Waals surface area contributed by atoms with Gasteiger partial charge in [-0.1, -0.05) is 19.1 Å². The largest absolute Gasteiger partial charge is 2.00 e. The molecule has 6 aliphatic heterocycles. The molecule has 138 heavy (non-hydrogen) atoms. The number of imide groups is 6. The van der Waals surface area contributed by atoms with Crippen molar-refractivity contribution in [3.63, 3.8) is 0 Å². The van der Waals surface area contributed by atoms with E-state index in [1.807, 2.05) is 96.0 Å². The number of carbonyl (C=O) groups excluding carboxylic acids is 18. The maximum absolute atomic E-state index is 12.5. The normalized spacial score (nSPS) is 16.9. The maximum Gasteiger partial charge on any atom is 2.00 e. The molecule has 0 spiro atoms. The second kappa shape index (κ2) is 77.8. The topological polar surface area (TPSA) is 555 Å². The van der Waals surface area contributed by atoms with Crippen molar-refractivity contribution in [3.05, 3.63) is 231 Å². The van der Waals surface area contributed by atoms with Gasteiger partial charge in [-0.15, -0.1) is 201 Å². The summed E-state index contributed by atoms with van der Waals surface area (Å²) in [5.74, 6) is -9.26. The molecule has 6 heterocycles. The van der Waals surface area contributed by atoms with E-state index in [0.717, 1.165) is 23.8 Å². The number of hydrogen-bond acceptors (Lipinski definition) is 26. The van der Waals surface area contributed by atoms with E-state index in [4.69, 9.17) is 43.7 Å². The minimum Gasteiger partial charge on any atom is -0.684 e. The Bertz CT molecular complexity index is 4820. The predicted octanol–water partition coefficient (Wildman–Crippen LogP) is 7.14. The molecule has 3 unspecified atom stereocenters. The van der Waals surface area contributed by atoms with Crippen LogP contribution in [0.1, 0.15) is 154 Å². The average molecular weight is 3000 g/mol. The monoisotopic (exact) mass is 3000 g/mol. The van der Waals surface area contributed by atoms with Crippen LogP contribution in [0.25, 0.3) is 31.9 Å². The van der Waals surface area contributed by atoms with Crippen molar-refractivity contribution in [2.45, 2.75) is 126 Å². The number of halogens is 6. The first-order valence-electron chi connectivity index (χ1n) is 41.1. The second-order valence-electron chi connectivity index (χ2n) is 27.3. The molecular formula is C88H104Cl3F3N18O20W6. The van der Waals surface area contributed by atoms with E-state index in [1.165, 1.54) is 55.6 Å². The summed E-state index contributed by atoms with van der Waals surface area (Å²) in [6.45, 7) is 1.78. The zero-order chi connectivity index (χ0) is 102. The molecule has 50 heteroatoms. The minimum absolute atomic E-state index is 0. The van der Waals surface area contributed by atoms with Crippen molar-refractivity contribution in [1.82, 2.24) is 63.8 Å². The molecule has 6 atom stereocenters. The van der Waals surface area contributed by atoms with Crippen LogP contribution in [0.5, 0.6) is 11.5 Å². The van der Waals surface area contributed by atoms with Crippen LogP contribution in [0.15, 0.2) is 103 Å². The smallest absolute Gasteiger partial charge is 0.684 e. The Kier molecular flexibility index (Phi) is 75.1. The van der Waals surface area contributed by atoms with Gasteiger partial charge in [-0.25, -0.2) is 0 Å². The van der Waals surface area contributed by atoms with Gasteiger partial charge in [0.1, 0.15) is 0 Å². The summed E-state index contributed by atoms with van der Waals surface area (Å²) in [5, 5.41) is 52.6. The quantitative estimate of drug-likeness (QED) is 0.0381. The Morgan fingerprint density at radius 1 is 0.362 bits per heavy atom. The number of nitrogens with one attached hydrogen (secondary N) is 12. The van der Waals surface area contributed by atoms with Gasteiger partial charge < -0.3 is 102 Å². The van der Waals surface area contributed by atoms with E-state index in [9.17, 15) is 99.5 Å². The van der Waals surface area contributed by atoms with Crippen LogP contribution in [0.3, 0.4) is 0 Å². The summed E-state index contributed by atoms with van der Waals surface area (Å²) < 4.78 is 68.3. The third-order valence-electron chi connectivity index (χ3n) is 15.8. The number of carbonyl (C=O) groups is 18. The number of rotatable bonds is 14. The number of benzene rings is 6. The van der Waals surface area contributed by atoms with Crippen molar-refractivity contribution in [2.75, 3.05) is 98.7 Å². The first-order valence-corrected chi connectivity index (χ1v) is 40.8. The van der Waals surface area contributed by atoms with E-state index in [0.29, 0.717) is 20.8 Å². The van der Waals surface area contributed by atoms with E-state index in [-0.39, 0.29) is 266 Å². The summed E-state index contributed by atoms with van der Waals surface area (Å²) in [6, 6.07) is 34.3. The maximum atomic E-state index is 12.5. The second-order valence-corrected chi connectivity index (χ2v) is 28.5. The molecule has 12 N–H and O–H groups in total. The molecule has 6 fully saturated rings. The van der Waals surface area contributed by atoms with E-state index in [2.05, 4.69) is 125 Å². The van der Waals surface area contributed by atoms with Crippen LogP contribution in [-0.2, 0) is 190 Å². The fraction of sp³-hybridized carbons (Fsp3) is 0.386. The molecular weight excluding hydrogens is 2900 g/mol. The van der Waals surface area contributed by atoms with Crippen LogP contribution < -0.4 is 73.3 Å². The Balaban J connectivity index is -0.000000371. The Morgan fingerprint density at radius 2 is 0.623 bits per heavy atom. The number of methoxy groups -OCH3 is 2. The summed E-state index contributed by atoms with van der Waals surface area (Å²) in [4.78, 5) is 206. The van der Waals surface area contributed by atoms with Gasteiger partial charge in [0.2, 0.25) is 70.9 Å². The molecule has 18 amide bonds. The number of hydrogen-bond donors (Lipinski definition) is 12.